The first kappa shape index (κ1) is 38.2. The second-order valence-electron chi connectivity index (χ2n) is 15.3. The van der Waals surface area contributed by atoms with Crippen molar-refractivity contribution in [3.8, 4) is 0 Å². The lowest BCUT2D eigenvalue weighted by Crippen LogP contribution is -2.53. The lowest BCUT2D eigenvalue weighted by atomic mass is 9.75. The van der Waals surface area contributed by atoms with Crippen LogP contribution in [0.4, 0.5) is 13.6 Å². The zero-order valence-corrected chi connectivity index (χ0v) is 30.1. The van der Waals surface area contributed by atoms with Crippen LogP contribution >= 0.6 is 11.8 Å². The Labute approximate surface area is 292 Å². The van der Waals surface area contributed by atoms with E-state index in [0.29, 0.717) is 32.5 Å². The third kappa shape index (κ3) is 9.97. The molecule has 2 aliphatic rings. The summed E-state index contributed by atoms with van der Waals surface area (Å²) < 4.78 is 35.8. The van der Waals surface area contributed by atoms with Crippen LogP contribution in [0.3, 0.4) is 0 Å². The lowest BCUT2D eigenvalue weighted by Gasteiger charge is -2.42. The van der Waals surface area contributed by atoms with E-state index in [0.717, 1.165) is 35.2 Å². The van der Waals surface area contributed by atoms with Crippen LogP contribution in [0.25, 0.3) is 0 Å². The second kappa shape index (κ2) is 15.5. The van der Waals surface area contributed by atoms with Gasteiger partial charge in [-0.1, -0.05) is 57.2 Å². The highest BCUT2D eigenvalue weighted by Gasteiger charge is 2.45. The van der Waals surface area contributed by atoms with E-state index in [2.05, 4.69) is 5.32 Å². The maximum atomic E-state index is 15.6. The molecule has 0 aliphatic carbocycles. The van der Waals surface area contributed by atoms with Crippen LogP contribution < -0.4 is 11.1 Å². The number of rotatable bonds is 12. The summed E-state index contributed by atoms with van der Waals surface area (Å²) >= 11 is 1.16. The summed E-state index contributed by atoms with van der Waals surface area (Å²) in [5.74, 6) is -2.40. The number of halogens is 2. The van der Waals surface area contributed by atoms with Gasteiger partial charge in [-0.05, 0) is 68.7 Å². The lowest BCUT2D eigenvalue weighted by molar-refractivity contribution is -0.138. The number of carboxylic acids is 1. The van der Waals surface area contributed by atoms with Crippen molar-refractivity contribution in [1.82, 2.24) is 15.1 Å². The first-order chi connectivity index (χ1) is 22.9. The number of nitrogens with two attached hydrogens (primary N) is 1. The van der Waals surface area contributed by atoms with Crippen LogP contribution in [0.1, 0.15) is 59.1 Å². The molecule has 2 aromatic rings. The number of carboxylic acid groups (broad SMARTS) is 1. The molecule has 0 spiro atoms. The number of hydrogen-bond donors (Lipinski definition) is 3. The molecule has 4 rings (SSSR count). The molecule has 4 atom stereocenters. The Bertz CT molecular complexity index is 1530. The van der Waals surface area contributed by atoms with E-state index >= 15 is 4.39 Å². The summed E-state index contributed by atoms with van der Waals surface area (Å²) in [6.45, 7) is 13.0. The predicted octanol–water partition coefficient (Wildman–Crippen LogP) is 5.58. The molecule has 0 bridgehead atoms. The SMILES string of the molecule is CC(C)(C)OC(=O)N1CCC(CN(C(=O)CSC[C@H](N)C(=O)O)[C@@H](C2=CC(Cc3ccccc3)(c3cc(F)ccc3F)CN2)C(C)(C)C)C1. The van der Waals surface area contributed by atoms with Gasteiger partial charge in [-0.25, -0.2) is 13.6 Å². The number of likely N-dealkylation sites (tertiary alicyclic amines) is 1. The fourth-order valence-corrected chi connectivity index (χ4v) is 7.54. The highest BCUT2D eigenvalue weighted by Crippen LogP contribution is 2.41. The summed E-state index contributed by atoms with van der Waals surface area (Å²) in [5.41, 5.74) is 5.50. The van der Waals surface area contributed by atoms with Crippen molar-refractivity contribution in [3.05, 3.63) is 83.1 Å². The molecule has 2 unspecified atom stereocenters. The van der Waals surface area contributed by atoms with Gasteiger partial charge < -0.3 is 30.7 Å². The normalized spacial score (nSPS) is 20.7. The van der Waals surface area contributed by atoms with Gasteiger partial charge in [0, 0.05) is 48.6 Å². The van der Waals surface area contributed by atoms with Gasteiger partial charge in [0.15, 0.2) is 0 Å². The Morgan fingerprint density at radius 2 is 1.82 bits per heavy atom. The first-order valence-corrected chi connectivity index (χ1v) is 17.8. The average molecular weight is 701 g/mol. The molecule has 1 fully saturated rings. The number of hydrogen-bond acceptors (Lipinski definition) is 7. The molecule has 0 saturated carbocycles. The molecule has 2 aromatic carbocycles. The number of carbonyl (C=O) groups is 3. The Morgan fingerprint density at radius 1 is 1.12 bits per heavy atom. The number of benzene rings is 2. The van der Waals surface area contributed by atoms with E-state index in [1.165, 1.54) is 6.07 Å². The molecule has 9 nitrogen and oxygen atoms in total. The Balaban J connectivity index is 1.72. The van der Waals surface area contributed by atoms with Crippen molar-refractivity contribution in [1.29, 1.82) is 0 Å². The Kier molecular flexibility index (Phi) is 12.1. The van der Waals surface area contributed by atoms with Gasteiger partial charge in [0.2, 0.25) is 5.91 Å². The van der Waals surface area contributed by atoms with Gasteiger partial charge >= 0.3 is 12.1 Å². The van der Waals surface area contributed by atoms with Crippen molar-refractivity contribution in [3.63, 3.8) is 0 Å². The van der Waals surface area contributed by atoms with Crippen molar-refractivity contribution in [2.45, 2.75) is 77.5 Å². The van der Waals surface area contributed by atoms with Crippen molar-refractivity contribution < 1.29 is 33.0 Å². The van der Waals surface area contributed by atoms with Crippen molar-refractivity contribution >= 4 is 29.7 Å². The predicted molar refractivity (Wildman–Crippen MR) is 188 cm³/mol. The number of aliphatic carboxylic acids is 1. The molecule has 268 valence electrons. The highest BCUT2D eigenvalue weighted by molar-refractivity contribution is 8.00. The third-order valence-corrected chi connectivity index (χ3v) is 9.89. The van der Waals surface area contributed by atoms with E-state index in [1.54, 1.807) is 4.90 Å². The maximum absolute atomic E-state index is 15.6. The van der Waals surface area contributed by atoms with Crippen LogP contribution in [0.15, 0.2) is 60.3 Å². The minimum Gasteiger partial charge on any atom is -0.480 e. The van der Waals surface area contributed by atoms with Crippen molar-refractivity contribution in [2.24, 2.45) is 17.1 Å². The van der Waals surface area contributed by atoms with Gasteiger partial charge in [-0.15, -0.1) is 11.8 Å². The fraction of sp³-hybridized carbons (Fsp3) is 0.541. The van der Waals surface area contributed by atoms with E-state index in [4.69, 9.17) is 10.5 Å². The quantitative estimate of drug-likeness (QED) is 0.262. The Morgan fingerprint density at radius 3 is 2.45 bits per heavy atom. The number of thioether (sulfide) groups is 1. The standard InChI is InChI=1S/C37H50F2N4O5S/c1-35(2,3)32(30-18-37(23-41-30,17-24-10-8-7-9-11-24)27-16-26(38)12-13-28(27)39)43(31(44)22-49-21-29(40)33(45)46)20-25-14-15-42(19-25)34(47)48-36(4,5)6/h7-13,16,18,25,29,32,41H,14-15,17,19-23,40H2,1-6H3,(H,45,46)/t25?,29-,32-,37?/m0/s1. The third-order valence-electron chi connectivity index (χ3n) is 8.85. The van der Waals surface area contributed by atoms with E-state index < -0.39 is 52.2 Å². The van der Waals surface area contributed by atoms with Crippen LogP contribution in [0.2, 0.25) is 0 Å². The summed E-state index contributed by atoms with van der Waals surface area (Å²) in [6.07, 6.45) is 2.62. The molecule has 0 aromatic heterocycles. The van der Waals surface area contributed by atoms with E-state index in [1.807, 2.05) is 82.9 Å². The Hall–Kier alpha value is -3.64. The molecule has 2 heterocycles. The van der Waals surface area contributed by atoms with Gasteiger partial charge in [0.25, 0.3) is 0 Å². The minimum atomic E-state index is -1.14. The highest BCUT2D eigenvalue weighted by atomic mass is 32.2. The van der Waals surface area contributed by atoms with E-state index in [-0.39, 0.29) is 35.4 Å². The first-order valence-electron chi connectivity index (χ1n) is 16.7. The molecule has 49 heavy (non-hydrogen) atoms. The van der Waals surface area contributed by atoms with Gasteiger partial charge in [0.05, 0.1) is 11.8 Å². The average Bonchev–Trinajstić information content (AvgIpc) is 3.65. The largest absolute Gasteiger partial charge is 0.480 e. The molecule has 2 amide bonds. The van der Waals surface area contributed by atoms with Gasteiger partial charge in [-0.3, -0.25) is 9.59 Å². The molecular weight excluding hydrogens is 650 g/mol. The number of amides is 2. The number of nitrogens with one attached hydrogen (secondary N) is 1. The summed E-state index contributed by atoms with van der Waals surface area (Å²) in [7, 11) is 0. The van der Waals surface area contributed by atoms with Gasteiger partial charge in [0.1, 0.15) is 23.3 Å². The smallest absolute Gasteiger partial charge is 0.410 e. The van der Waals surface area contributed by atoms with E-state index in [9.17, 15) is 23.9 Å². The summed E-state index contributed by atoms with van der Waals surface area (Å²) in [4.78, 5) is 41.9. The van der Waals surface area contributed by atoms with Gasteiger partial charge in [-0.2, -0.15) is 0 Å². The molecule has 0 radical (unpaired) electrons. The fourth-order valence-electron chi connectivity index (χ4n) is 6.69. The number of carbonyl (C=O) groups excluding carboxylic acids is 2. The summed E-state index contributed by atoms with van der Waals surface area (Å²) in [6, 6.07) is 11.5. The van der Waals surface area contributed by atoms with Crippen LogP contribution in [0.5, 0.6) is 0 Å². The van der Waals surface area contributed by atoms with Crippen LogP contribution in [-0.4, -0.2) is 88.2 Å². The molecule has 4 N–H and O–H groups in total. The minimum absolute atomic E-state index is 0.00295. The molecule has 1 saturated heterocycles. The topological polar surface area (TPSA) is 125 Å². The molecule has 12 heteroatoms. The van der Waals surface area contributed by atoms with Crippen LogP contribution in [0, 0.1) is 23.0 Å². The number of nitrogens with zero attached hydrogens (tertiary/aromatic N) is 2. The maximum Gasteiger partial charge on any atom is 0.410 e. The number of ether oxygens (including phenoxy) is 1. The molecule has 2 aliphatic heterocycles. The van der Waals surface area contributed by atoms with Crippen molar-refractivity contribution in [2.75, 3.05) is 37.7 Å². The molecular formula is C37H50F2N4O5S. The monoisotopic (exact) mass is 700 g/mol. The zero-order valence-electron chi connectivity index (χ0n) is 29.3. The second-order valence-corrected chi connectivity index (χ2v) is 16.3. The zero-order chi connectivity index (χ0) is 36.1. The summed E-state index contributed by atoms with van der Waals surface area (Å²) in [5, 5.41) is 12.8. The van der Waals surface area contributed by atoms with Crippen LogP contribution in [-0.2, 0) is 26.2 Å².